The van der Waals surface area contributed by atoms with Crippen LogP contribution in [0.3, 0.4) is 0 Å². The Labute approximate surface area is 145 Å². The lowest BCUT2D eigenvalue weighted by Crippen LogP contribution is -2.49. The van der Waals surface area contributed by atoms with E-state index in [0.717, 1.165) is 55.6 Å². The highest BCUT2D eigenvalue weighted by Crippen LogP contribution is 2.23. The Bertz CT molecular complexity index is 540. The van der Waals surface area contributed by atoms with Crippen LogP contribution in [0, 0.1) is 0 Å². The Morgan fingerprint density at radius 3 is 2.74 bits per heavy atom. The first-order valence-electron chi connectivity index (χ1n) is 8.26. The van der Waals surface area contributed by atoms with Crippen molar-refractivity contribution in [3.63, 3.8) is 0 Å². The molecule has 0 aromatic heterocycles. The fourth-order valence-corrected chi connectivity index (χ4v) is 3.92. The summed E-state index contributed by atoms with van der Waals surface area (Å²) >= 11 is 3.45. The predicted octanol–water partition coefficient (Wildman–Crippen LogP) is 1.82. The van der Waals surface area contributed by atoms with Gasteiger partial charge >= 0.3 is 0 Å². The summed E-state index contributed by atoms with van der Waals surface area (Å²) in [7, 11) is 0. The van der Waals surface area contributed by atoms with Crippen LogP contribution in [0.15, 0.2) is 28.7 Å². The number of nitrogens with one attached hydrogen (secondary N) is 1. The van der Waals surface area contributed by atoms with Crippen molar-refractivity contribution in [2.24, 2.45) is 5.73 Å². The zero-order chi connectivity index (χ0) is 16.2. The summed E-state index contributed by atoms with van der Waals surface area (Å²) in [6.45, 7) is 3.85. The molecular formula is C17H24BrN3O2. The van der Waals surface area contributed by atoms with Crippen molar-refractivity contribution in [1.29, 1.82) is 0 Å². The van der Waals surface area contributed by atoms with Crippen LogP contribution in [-0.4, -0.2) is 49.2 Å². The van der Waals surface area contributed by atoms with Gasteiger partial charge in [-0.25, -0.2) is 0 Å². The molecule has 23 heavy (non-hydrogen) atoms. The van der Waals surface area contributed by atoms with Crippen molar-refractivity contribution >= 4 is 21.8 Å². The SMILES string of the molecule is NC(=O)C(NC1CCN(C2CCOC2)CC1)c1cccc(Br)c1. The van der Waals surface area contributed by atoms with E-state index in [1.54, 1.807) is 0 Å². The van der Waals surface area contributed by atoms with E-state index < -0.39 is 6.04 Å². The average molecular weight is 382 g/mol. The predicted molar refractivity (Wildman–Crippen MR) is 93.0 cm³/mol. The second-order valence-corrected chi connectivity index (χ2v) is 7.30. The molecule has 0 radical (unpaired) electrons. The van der Waals surface area contributed by atoms with Crippen LogP contribution in [0.1, 0.15) is 30.9 Å². The van der Waals surface area contributed by atoms with E-state index in [2.05, 4.69) is 26.1 Å². The van der Waals surface area contributed by atoms with E-state index >= 15 is 0 Å². The number of hydrogen-bond donors (Lipinski definition) is 2. The van der Waals surface area contributed by atoms with Crippen LogP contribution < -0.4 is 11.1 Å². The molecule has 2 heterocycles. The summed E-state index contributed by atoms with van der Waals surface area (Å²) in [4.78, 5) is 14.4. The molecule has 5 nitrogen and oxygen atoms in total. The van der Waals surface area contributed by atoms with Gasteiger partial charge in [-0.1, -0.05) is 28.1 Å². The molecule has 0 saturated carbocycles. The Balaban J connectivity index is 1.58. The number of nitrogens with two attached hydrogens (primary N) is 1. The zero-order valence-electron chi connectivity index (χ0n) is 13.2. The van der Waals surface area contributed by atoms with Crippen molar-refractivity contribution in [3.05, 3.63) is 34.3 Å². The third-order valence-electron chi connectivity index (χ3n) is 4.82. The molecule has 2 atom stereocenters. The normalized spacial score (nSPS) is 24.7. The van der Waals surface area contributed by atoms with Crippen LogP contribution in [0.4, 0.5) is 0 Å². The van der Waals surface area contributed by atoms with Gasteiger partial charge in [0.1, 0.15) is 6.04 Å². The van der Waals surface area contributed by atoms with Crippen molar-refractivity contribution in [2.45, 2.75) is 37.4 Å². The molecule has 6 heteroatoms. The summed E-state index contributed by atoms with van der Waals surface area (Å²) in [5.41, 5.74) is 6.53. The molecule has 2 unspecified atom stereocenters. The molecule has 1 amide bonds. The van der Waals surface area contributed by atoms with Gasteiger partial charge in [0.25, 0.3) is 0 Å². The fourth-order valence-electron chi connectivity index (χ4n) is 3.51. The number of piperidine rings is 1. The minimum Gasteiger partial charge on any atom is -0.380 e. The monoisotopic (exact) mass is 381 g/mol. The van der Waals surface area contributed by atoms with Crippen molar-refractivity contribution in [2.75, 3.05) is 26.3 Å². The molecule has 2 saturated heterocycles. The first-order valence-corrected chi connectivity index (χ1v) is 9.05. The van der Waals surface area contributed by atoms with Crippen LogP contribution in [-0.2, 0) is 9.53 Å². The quantitative estimate of drug-likeness (QED) is 0.815. The maximum Gasteiger partial charge on any atom is 0.239 e. The molecule has 0 bridgehead atoms. The molecule has 1 aromatic carbocycles. The number of halogens is 1. The lowest BCUT2D eigenvalue weighted by Gasteiger charge is -2.36. The number of carbonyl (C=O) groups excluding carboxylic acids is 1. The zero-order valence-corrected chi connectivity index (χ0v) is 14.8. The van der Waals surface area contributed by atoms with Gasteiger partial charge in [0.15, 0.2) is 0 Å². The number of rotatable bonds is 5. The van der Waals surface area contributed by atoms with Crippen LogP contribution in [0.2, 0.25) is 0 Å². The van der Waals surface area contributed by atoms with Crippen LogP contribution >= 0.6 is 15.9 Å². The molecule has 0 aliphatic carbocycles. The second-order valence-electron chi connectivity index (χ2n) is 6.38. The lowest BCUT2D eigenvalue weighted by molar-refractivity contribution is -0.120. The fraction of sp³-hybridized carbons (Fsp3) is 0.588. The molecule has 0 spiro atoms. The van der Waals surface area contributed by atoms with E-state index in [4.69, 9.17) is 10.5 Å². The molecule has 3 rings (SSSR count). The summed E-state index contributed by atoms with van der Waals surface area (Å²) < 4.78 is 6.44. The van der Waals surface area contributed by atoms with Gasteiger partial charge < -0.3 is 10.5 Å². The number of carbonyl (C=O) groups is 1. The summed E-state index contributed by atoms with van der Waals surface area (Å²) in [5.74, 6) is -0.324. The lowest BCUT2D eigenvalue weighted by atomic mass is 9.99. The van der Waals surface area contributed by atoms with Crippen molar-refractivity contribution in [3.8, 4) is 0 Å². The highest BCUT2D eigenvalue weighted by molar-refractivity contribution is 9.10. The Morgan fingerprint density at radius 2 is 2.13 bits per heavy atom. The van der Waals surface area contributed by atoms with Crippen molar-refractivity contribution < 1.29 is 9.53 Å². The molecule has 2 aliphatic heterocycles. The van der Waals surface area contributed by atoms with Gasteiger partial charge in [-0.05, 0) is 37.0 Å². The minimum absolute atomic E-state index is 0.324. The highest BCUT2D eigenvalue weighted by Gasteiger charge is 2.29. The Hall–Kier alpha value is -0.950. The van der Waals surface area contributed by atoms with E-state index in [9.17, 15) is 4.79 Å². The molecule has 2 fully saturated rings. The number of ether oxygens (including phenoxy) is 1. The molecule has 2 aliphatic rings. The topological polar surface area (TPSA) is 67.6 Å². The third-order valence-corrected chi connectivity index (χ3v) is 5.31. The average Bonchev–Trinajstić information content (AvgIpc) is 3.07. The van der Waals surface area contributed by atoms with Crippen LogP contribution in [0.5, 0.6) is 0 Å². The maximum absolute atomic E-state index is 11.9. The third kappa shape index (κ3) is 4.32. The Morgan fingerprint density at radius 1 is 1.35 bits per heavy atom. The maximum atomic E-state index is 11.9. The van der Waals surface area contributed by atoms with Gasteiger partial charge in [-0.3, -0.25) is 15.0 Å². The van der Waals surface area contributed by atoms with E-state index in [0.29, 0.717) is 12.1 Å². The first kappa shape index (κ1) is 16.9. The van der Waals surface area contributed by atoms with Gasteiger partial charge in [0.05, 0.1) is 6.61 Å². The number of amides is 1. The number of benzene rings is 1. The Kier molecular flexibility index (Phi) is 5.69. The standard InChI is InChI=1S/C17H24BrN3O2/c18-13-3-1-2-12(10-13)16(17(19)22)20-14-4-7-21(8-5-14)15-6-9-23-11-15/h1-3,10,14-16,20H,4-9,11H2,(H2,19,22). The largest absolute Gasteiger partial charge is 0.380 e. The molecule has 1 aromatic rings. The number of primary amides is 1. The number of likely N-dealkylation sites (tertiary alicyclic amines) is 1. The van der Waals surface area contributed by atoms with Gasteiger partial charge in [0, 0.05) is 36.3 Å². The van der Waals surface area contributed by atoms with Gasteiger partial charge in [-0.2, -0.15) is 0 Å². The summed E-state index contributed by atoms with van der Waals surface area (Å²) in [6.07, 6.45) is 3.21. The van der Waals surface area contributed by atoms with Gasteiger partial charge in [0.2, 0.25) is 5.91 Å². The molecular weight excluding hydrogens is 358 g/mol. The molecule has 3 N–H and O–H groups in total. The minimum atomic E-state index is -0.432. The number of nitrogens with zero attached hydrogens (tertiary/aromatic N) is 1. The van der Waals surface area contributed by atoms with E-state index in [1.165, 1.54) is 0 Å². The van der Waals surface area contributed by atoms with Crippen LogP contribution in [0.25, 0.3) is 0 Å². The number of hydrogen-bond acceptors (Lipinski definition) is 4. The smallest absolute Gasteiger partial charge is 0.239 e. The van der Waals surface area contributed by atoms with Crippen molar-refractivity contribution in [1.82, 2.24) is 10.2 Å². The summed E-state index contributed by atoms with van der Waals surface area (Å²) in [5, 5.41) is 3.46. The second kappa shape index (κ2) is 7.75. The summed E-state index contributed by atoms with van der Waals surface area (Å²) in [6, 6.07) is 8.24. The first-order chi connectivity index (χ1) is 11.1. The highest BCUT2D eigenvalue weighted by atomic mass is 79.9. The van der Waals surface area contributed by atoms with Gasteiger partial charge in [-0.15, -0.1) is 0 Å². The molecule has 126 valence electrons. The van der Waals surface area contributed by atoms with E-state index in [1.807, 2.05) is 24.3 Å². The van der Waals surface area contributed by atoms with E-state index in [-0.39, 0.29) is 5.91 Å².